The van der Waals surface area contributed by atoms with Crippen LogP contribution in [-0.4, -0.2) is 22.3 Å². The van der Waals surface area contributed by atoms with Crippen LogP contribution in [0.25, 0.3) is 0 Å². The zero-order valence-corrected chi connectivity index (χ0v) is 21.4. The van der Waals surface area contributed by atoms with Crippen molar-refractivity contribution in [2.45, 2.75) is 112 Å². The highest BCUT2D eigenvalue weighted by Gasteiger charge is 2.36. The van der Waals surface area contributed by atoms with Crippen LogP contribution in [0, 0.1) is 30.9 Å². The van der Waals surface area contributed by atoms with Gasteiger partial charge >= 0.3 is 6.16 Å². The first kappa shape index (κ1) is 26.7. The summed E-state index contributed by atoms with van der Waals surface area (Å²) in [5.41, 5.74) is 2.25. The zero-order valence-electron chi connectivity index (χ0n) is 21.4. The van der Waals surface area contributed by atoms with Gasteiger partial charge in [-0.3, -0.25) is 10.1 Å². The summed E-state index contributed by atoms with van der Waals surface area (Å²) >= 11 is 0. The number of rotatable bonds is 8. The maximum atomic E-state index is 12.3. The molecule has 1 unspecified atom stereocenters. The van der Waals surface area contributed by atoms with Crippen molar-refractivity contribution in [3.05, 3.63) is 44.1 Å². The number of nitro groups is 1. The molecular weight excluding hydrogens is 422 g/mol. The van der Waals surface area contributed by atoms with Crippen molar-refractivity contribution < 1.29 is 23.9 Å². The second kappa shape index (κ2) is 10.6. The number of unbranched alkanes of at least 4 members (excludes halogenated alkanes) is 3. The van der Waals surface area contributed by atoms with E-state index in [2.05, 4.69) is 6.92 Å². The van der Waals surface area contributed by atoms with E-state index in [-0.39, 0.29) is 10.6 Å². The van der Waals surface area contributed by atoms with E-state index >= 15 is 0 Å². The van der Waals surface area contributed by atoms with Crippen molar-refractivity contribution in [2.75, 3.05) is 0 Å². The summed E-state index contributed by atoms with van der Waals surface area (Å²) in [5.74, 6) is 1.21. The molecule has 1 aromatic rings. The van der Waals surface area contributed by atoms with Crippen molar-refractivity contribution >= 4 is 6.16 Å². The van der Waals surface area contributed by atoms with Gasteiger partial charge in [-0.1, -0.05) is 26.2 Å². The van der Waals surface area contributed by atoms with Crippen molar-refractivity contribution in [3.8, 4) is 11.5 Å². The van der Waals surface area contributed by atoms with E-state index in [1.165, 1.54) is 0 Å². The Balaban J connectivity index is 2.33. The van der Waals surface area contributed by atoms with Gasteiger partial charge in [0.1, 0.15) is 22.7 Å². The average molecular weight is 462 g/mol. The van der Waals surface area contributed by atoms with Crippen LogP contribution in [0.15, 0.2) is 11.8 Å². The Kier molecular flexibility index (Phi) is 8.55. The molecule has 1 aromatic carbocycles. The molecule has 2 rings (SSSR count). The number of hydrogen-bond acceptors (Lipinski definition) is 6. The largest absolute Gasteiger partial charge is 0.514 e. The molecule has 33 heavy (non-hydrogen) atoms. The minimum Gasteiger partial charge on any atom is -0.483 e. The summed E-state index contributed by atoms with van der Waals surface area (Å²) in [6.45, 7) is 15.1. The fourth-order valence-electron chi connectivity index (χ4n) is 4.16. The highest BCUT2D eigenvalue weighted by molar-refractivity contribution is 5.69. The Labute approximate surface area is 197 Å². The van der Waals surface area contributed by atoms with Crippen LogP contribution in [0.1, 0.15) is 95.4 Å². The second-order valence-electron chi connectivity index (χ2n) is 10.2. The quantitative estimate of drug-likeness (QED) is 0.134. The predicted molar refractivity (Wildman–Crippen MR) is 129 cm³/mol. The van der Waals surface area contributed by atoms with Crippen molar-refractivity contribution in [1.29, 1.82) is 0 Å². The van der Waals surface area contributed by atoms with Crippen LogP contribution < -0.4 is 9.47 Å². The van der Waals surface area contributed by atoms with E-state index in [0.29, 0.717) is 25.0 Å². The SMILES string of the molecule is CCCCCC/C(=C\C1(C)CCc2c(C)c(OC(=O)OC(C)(C)C)c(C)c(C)c2O1)[N+](=O)[O-]. The molecule has 0 fully saturated rings. The molecule has 184 valence electrons. The first-order valence-corrected chi connectivity index (χ1v) is 11.9. The standard InChI is InChI=1S/C26H39NO6/c1-9-10-11-12-13-20(27(29)30)16-26(8)15-14-21-19(4)22(17(2)18(3)23(21)32-26)31-24(28)33-25(5,6)7/h16H,9-15H2,1-8H3/b20-16+. The Morgan fingerprint density at radius 2 is 1.82 bits per heavy atom. The van der Waals surface area contributed by atoms with Gasteiger partial charge in [-0.2, -0.15) is 0 Å². The summed E-state index contributed by atoms with van der Waals surface area (Å²) in [6, 6.07) is 0. The molecule has 0 radical (unpaired) electrons. The molecule has 7 heteroatoms. The highest BCUT2D eigenvalue weighted by Crippen LogP contribution is 2.44. The van der Waals surface area contributed by atoms with Crippen molar-refractivity contribution in [3.63, 3.8) is 0 Å². The third kappa shape index (κ3) is 6.95. The maximum absolute atomic E-state index is 12.3. The topological polar surface area (TPSA) is 87.9 Å². The lowest BCUT2D eigenvalue weighted by atomic mass is 9.86. The van der Waals surface area contributed by atoms with Gasteiger partial charge in [0.15, 0.2) is 0 Å². The zero-order chi connectivity index (χ0) is 25.0. The van der Waals surface area contributed by atoms with Crippen LogP contribution >= 0.6 is 0 Å². The van der Waals surface area contributed by atoms with E-state index in [9.17, 15) is 14.9 Å². The first-order chi connectivity index (χ1) is 15.3. The third-order valence-electron chi connectivity index (χ3n) is 6.09. The molecule has 1 aliphatic heterocycles. The summed E-state index contributed by atoms with van der Waals surface area (Å²) in [6.07, 6.45) is 6.62. The number of allylic oxidation sites excluding steroid dienone is 1. The van der Waals surface area contributed by atoms with Gasteiger partial charge in [-0.25, -0.2) is 4.79 Å². The number of fused-ring (bicyclic) bond motifs is 1. The molecule has 7 nitrogen and oxygen atoms in total. The fraction of sp³-hybridized carbons (Fsp3) is 0.654. The van der Waals surface area contributed by atoms with Gasteiger partial charge < -0.3 is 14.2 Å². The van der Waals surface area contributed by atoms with Gasteiger partial charge in [0, 0.05) is 18.1 Å². The highest BCUT2D eigenvalue weighted by atomic mass is 16.7. The van der Waals surface area contributed by atoms with E-state index in [0.717, 1.165) is 53.7 Å². The Morgan fingerprint density at radius 3 is 2.39 bits per heavy atom. The van der Waals surface area contributed by atoms with Gasteiger partial charge in [0.25, 0.3) is 0 Å². The number of benzene rings is 1. The first-order valence-electron chi connectivity index (χ1n) is 11.9. The molecule has 0 N–H and O–H groups in total. The lowest BCUT2D eigenvalue weighted by Gasteiger charge is -2.36. The Bertz CT molecular complexity index is 928. The molecule has 1 atom stereocenters. The Morgan fingerprint density at radius 1 is 1.15 bits per heavy atom. The maximum Gasteiger partial charge on any atom is 0.514 e. The van der Waals surface area contributed by atoms with Gasteiger partial charge in [0.05, 0.1) is 4.92 Å². The van der Waals surface area contributed by atoms with Crippen molar-refractivity contribution in [1.82, 2.24) is 0 Å². The van der Waals surface area contributed by atoms with Crippen LogP contribution in [0.5, 0.6) is 11.5 Å². The van der Waals surface area contributed by atoms with Crippen LogP contribution in [0.3, 0.4) is 0 Å². The number of carbonyl (C=O) groups is 1. The molecule has 0 bridgehead atoms. The minimum absolute atomic E-state index is 0.216. The minimum atomic E-state index is -0.767. The lowest BCUT2D eigenvalue weighted by Crippen LogP contribution is -2.36. The molecule has 0 saturated carbocycles. The van der Waals surface area contributed by atoms with E-state index < -0.39 is 17.4 Å². The lowest BCUT2D eigenvalue weighted by molar-refractivity contribution is -0.429. The van der Waals surface area contributed by atoms with Crippen molar-refractivity contribution in [2.24, 2.45) is 0 Å². The van der Waals surface area contributed by atoms with Gasteiger partial charge in [-0.15, -0.1) is 0 Å². The van der Waals surface area contributed by atoms with Gasteiger partial charge in [0.2, 0.25) is 5.70 Å². The number of carbonyl (C=O) groups excluding carboxylic acids is 1. The molecule has 0 aromatic heterocycles. The summed E-state index contributed by atoms with van der Waals surface area (Å²) in [4.78, 5) is 23.7. The average Bonchev–Trinajstić information content (AvgIpc) is 2.70. The smallest absolute Gasteiger partial charge is 0.483 e. The number of ether oxygens (including phenoxy) is 3. The second-order valence-corrected chi connectivity index (χ2v) is 10.2. The molecule has 1 aliphatic rings. The van der Waals surface area contributed by atoms with E-state index in [1.807, 2.05) is 27.7 Å². The molecule has 0 amide bonds. The molecule has 1 heterocycles. The third-order valence-corrected chi connectivity index (χ3v) is 6.09. The number of nitrogens with zero attached hydrogens (tertiary/aromatic N) is 1. The molecule has 0 aliphatic carbocycles. The molecule has 0 spiro atoms. The monoisotopic (exact) mass is 461 g/mol. The molecule has 0 saturated heterocycles. The molecular formula is C26H39NO6. The van der Waals surface area contributed by atoms with E-state index in [1.54, 1.807) is 26.8 Å². The van der Waals surface area contributed by atoms with Crippen LogP contribution in [0.2, 0.25) is 0 Å². The van der Waals surface area contributed by atoms with E-state index in [4.69, 9.17) is 14.2 Å². The summed E-state index contributed by atoms with van der Waals surface area (Å²) < 4.78 is 17.3. The fourth-order valence-corrected chi connectivity index (χ4v) is 4.16. The van der Waals surface area contributed by atoms with Crippen LogP contribution in [0.4, 0.5) is 4.79 Å². The summed E-state index contributed by atoms with van der Waals surface area (Å²) in [7, 11) is 0. The Hall–Kier alpha value is -2.57. The van der Waals surface area contributed by atoms with Crippen LogP contribution in [-0.2, 0) is 11.2 Å². The number of hydrogen-bond donors (Lipinski definition) is 0. The normalized spacial score (nSPS) is 18.4. The van der Waals surface area contributed by atoms with Gasteiger partial charge in [-0.05, 0) is 84.4 Å². The predicted octanol–water partition coefficient (Wildman–Crippen LogP) is 7.14. The summed E-state index contributed by atoms with van der Waals surface area (Å²) in [5, 5.41) is 11.7.